The number of halogens is 4. The highest BCUT2D eigenvalue weighted by Gasteiger charge is 2.15. The molecular formula is C22H10F4N4. The van der Waals surface area contributed by atoms with Crippen LogP contribution in [0.2, 0.25) is 0 Å². The van der Waals surface area contributed by atoms with Gasteiger partial charge in [-0.2, -0.15) is 10.4 Å². The minimum Gasteiger partial charge on any atom is -0.248 e. The highest BCUT2D eigenvalue weighted by Crippen LogP contribution is 2.32. The summed E-state index contributed by atoms with van der Waals surface area (Å²) in [6.07, 6.45) is 2.25. The number of hydrogen-bond acceptors (Lipinski definition) is 4. The van der Waals surface area contributed by atoms with Gasteiger partial charge >= 0.3 is 0 Å². The summed E-state index contributed by atoms with van der Waals surface area (Å²) in [5, 5.41) is 16.9. The lowest BCUT2D eigenvalue weighted by Crippen LogP contribution is -1.96. The Morgan fingerprint density at radius 2 is 1.57 bits per heavy atom. The van der Waals surface area contributed by atoms with E-state index in [1.165, 1.54) is 36.5 Å². The summed E-state index contributed by atoms with van der Waals surface area (Å²) in [6, 6.07) is 11.6. The number of pyridine rings is 1. The van der Waals surface area contributed by atoms with Crippen LogP contribution in [0.5, 0.6) is 0 Å². The van der Waals surface area contributed by atoms with Crippen LogP contribution in [0.15, 0.2) is 60.9 Å². The van der Waals surface area contributed by atoms with Crippen LogP contribution in [0.1, 0.15) is 5.56 Å². The number of hydrogen-bond donors (Lipinski definition) is 0. The second kappa shape index (κ2) is 7.72. The zero-order valence-corrected chi connectivity index (χ0v) is 15.1. The fourth-order valence-corrected chi connectivity index (χ4v) is 3.00. The first-order valence-electron chi connectivity index (χ1n) is 8.60. The molecule has 0 atom stereocenters. The predicted molar refractivity (Wildman–Crippen MR) is 101 cm³/mol. The monoisotopic (exact) mass is 406 g/mol. The number of aromatic nitrogens is 3. The number of rotatable bonds is 3. The van der Waals surface area contributed by atoms with Crippen LogP contribution in [0.25, 0.3) is 33.6 Å². The van der Waals surface area contributed by atoms with Crippen molar-refractivity contribution in [3.8, 4) is 39.7 Å². The minimum absolute atomic E-state index is 0.0165. The fraction of sp³-hybridized carbons (Fsp3) is 0. The van der Waals surface area contributed by atoms with Crippen molar-refractivity contribution in [3.05, 3.63) is 89.8 Å². The Labute approximate surface area is 168 Å². The van der Waals surface area contributed by atoms with Crippen LogP contribution in [0.4, 0.5) is 17.6 Å². The number of nitriles is 1. The van der Waals surface area contributed by atoms with Gasteiger partial charge in [-0.1, -0.05) is 12.1 Å². The van der Waals surface area contributed by atoms with E-state index in [2.05, 4.69) is 15.2 Å². The molecule has 4 aromatic rings. The fourth-order valence-electron chi connectivity index (χ4n) is 3.00. The van der Waals surface area contributed by atoms with E-state index in [9.17, 15) is 22.8 Å². The van der Waals surface area contributed by atoms with E-state index in [-0.39, 0.29) is 28.1 Å². The van der Waals surface area contributed by atoms with Crippen molar-refractivity contribution in [2.24, 2.45) is 0 Å². The summed E-state index contributed by atoms with van der Waals surface area (Å²) in [5.41, 5.74) is 1.15. The second-order valence-corrected chi connectivity index (χ2v) is 6.31. The van der Waals surface area contributed by atoms with Gasteiger partial charge in [0.15, 0.2) is 5.82 Å². The van der Waals surface area contributed by atoms with Gasteiger partial charge in [-0.3, -0.25) is 0 Å². The molecule has 0 fully saturated rings. The molecule has 0 radical (unpaired) electrons. The highest BCUT2D eigenvalue weighted by atomic mass is 19.1. The summed E-state index contributed by atoms with van der Waals surface area (Å²) in [7, 11) is 0. The molecule has 0 saturated carbocycles. The Bertz CT molecular complexity index is 1320. The van der Waals surface area contributed by atoms with E-state index >= 15 is 0 Å². The molecule has 0 saturated heterocycles. The number of benzene rings is 2. The van der Waals surface area contributed by atoms with Gasteiger partial charge in [0.25, 0.3) is 0 Å². The Morgan fingerprint density at radius 1 is 0.733 bits per heavy atom. The van der Waals surface area contributed by atoms with Crippen molar-refractivity contribution >= 4 is 0 Å². The summed E-state index contributed by atoms with van der Waals surface area (Å²) >= 11 is 0. The lowest BCUT2D eigenvalue weighted by atomic mass is 9.96. The standard InChI is InChI=1S/C22H10F4N4/c23-15-2-3-17(13(5-15)9-27)18-6-12(1-4-19(18)25)14-7-21(30-29-10-14)22-20(26)8-16(24)11-28-22/h1-8,10-11H. The molecule has 0 unspecified atom stereocenters. The van der Waals surface area contributed by atoms with Crippen molar-refractivity contribution in [3.63, 3.8) is 0 Å². The molecule has 0 aliphatic rings. The van der Waals surface area contributed by atoms with Crippen LogP contribution in [-0.4, -0.2) is 15.2 Å². The van der Waals surface area contributed by atoms with Crippen molar-refractivity contribution in [1.29, 1.82) is 5.26 Å². The van der Waals surface area contributed by atoms with Gasteiger partial charge in [-0.25, -0.2) is 22.5 Å². The van der Waals surface area contributed by atoms with E-state index in [0.717, 1.165) is 18.3 Å². The van der Waals surface area contributed by atoms with Crippen LogP contribution in [0.3, 0.4) is 0 Å². The molecule has 4 rings (SSSR count). The molecule has 0 N–H and O–H groups in total. The molecule has 0 aliphatic heterocycles. The maximum absolute atomic E-state index is 14.5. The molecule has 146 valence electrons. The van der Waals surface area contributed by atoms with Crippen LogP contribution in [0, 0.1) is 34.6 Å². The topological polar surface area (TPSA) is 62.5 Å². The minimum atomic E-state index is -0.897. The molecule has 0 aliphatic carbocycles. The van der Waals surface area contributed by atoms with Crippen molar-refractivity contribution in [2.75, 3.05) is 0 Å². The number of nitrogens with zero attached hydrogens (tertiary/aromatic N) is 4. The molecule has 0 spiro atoms. The first-order chi connectivity index (χ1) is 14.5. The first kappa shape index (κ1) is 19.2. The van der Waals surface area contributed by atoms with Gasteiger partial charge in [0, 0.05) is 22.8 Å². The third-order valence-electron chi connectivity index (χ3n) is 4.40. The Morgan fingerprint density at radius 3 is 2.33 bits per heavy atom. The lowest BCUT2D eigenvalue weighted by Gasteiger charge is -2.10. The normalized spacial score (nSPS) is 10.6. The van der Waals surface area contributed by atoms with E-state index in [4.69, 9.17) is 0 Å². The summed E-state index contributed by atoms with van der Waals surface area (Å²) in [6.45, 7) is 0. The van der Waals surface area contributed by atoms with Gasteiger partial charge in [-0.15, -0.1) is 5.10 Å². The molecule has 8 heteroatoms. The SMILES string of the molecule is N#Cc1cc(F)ccc1-c1cc(-c2cnnc(-c3ncc(F)cc3F)c2)ccc1F. The predicted octanol–water partition coefficient (Wildman–Crippen LogP) is 5.30. The zero-order chi connectivity index (χ0) is 21.3. The Balaban J connectivity index is 1.82. The van der Waals surface area contributed by atoms with Gasteiger partial charge in [0.05, 0.1) is 24.0 Å². The van der Waals surface area contributed by atoms with E-state index < -0.39 is 23.3 Å². The quantitative estimate of drug-likeness (QED) is 0.433. The molecule has 2 aromatic carbocycles. The average molecular weight is 406 g/mol. The molecule has 2 aromatic heterocycles. The van der Waals surface area contributed by atoms with Crippen LogP contribution < -0.4 is 0 Å². The molecule has 30 heavy (non-hydrogen) atoms. The average Bonchev–Trinajstić information content (AvgIpc) is 2.74. The molecule has 4 nitrogen and oxygen atoms in total. The summed E-state index contributed by atoms with van der Waals surface area (Å²) in [5.74, 6) is -2.93. The van der Waals surface area contributed by atoms with Crippen LogP contribution in [-0.2, 0) is 0 Å². The molecular weight excluding hydrogens is 396 g/mol. The van der Waals surface area contributed by atoms with E-state index in [1.54, 1.807) is 0 Å². The maximum Gasteiger partial charge on any atom is 0.154 e. The van der Waals surface area contributed by atoms with Crippen LogP contribution >= 0.6 is 0 Å². The van der Waals surface area contributed by atoms with Gasteiger partial charge in [0.2, 0.25) is 0 Å². The molecule has 0 bridgehead atoms. The first-order valence-corrected chi connectivity index (χ1v) is 8.60. The molecule has 0 amide bonds. The Kier molecular flexibility index (Phi) is 4.94. The van der Waals surface area contributed by atoms with Gasteiger partial charge < -0.3 is 0 Å². The summed E-state index contributed by atoms with van der Waals surface area (Å²) in [4.78, 5) is 3.71. The van der Waals surface area contributed by atoms with Crippen molar-refractivity contribution < 1.29 is 17.6 Å². The van der Waals surface area contributed by atoms with Crippen molar-refractivity contribution in [1.82, 2.24) is 15.2 Å². The van der Waals surface area contributed by atoms with Gasteiger partial charge in [-0.05, 0) is 35.9 Å². The smallest absolute Gasteiger partial charge is 0.154 e. The second-order valence-electron chi connectivity index (χ2n) is 6.31. The molecule has 2 heterocycles. The van der Waals surface area contributed by atoms with E-state index in [1.807, 2.05) is 6.07 Å². The van der Waals surface area contributed by atoms with Crippen molar-refractivity contribution in [2.45, 2.75) is 0 Å². The zero-order valence-electron chi connectivity index (χ0n) is 15.1. The summed E-state index contributed by atoms with van der Waals surface area (Å²) < 4.78 is 55.1. The third-order valence-corrected chi connectivity index (χ3v) is 4.40. The lowest BCUT2D eigenvalue weighted by molar-refractivity contribution is 0.575. The largest absolute Gasteiger partial charge is 0.248 e. The van der Waals surface area contributed by atoms with Gasteiger partial charge in [0.1, 0.15) is 28.8 Å². The van der Waals surface area contributed by atoms with E-state index in [0.29, 0.717) is 17.2 Å². The highest BCUT2D eigenvalue weighted by molar-refractivity contribution is 5.77. The third kappa shape index (κ3) is 3.61. The maximum atomic E-state index is 14.5. The Hall–Kier alpha value is -4.12.